The Hall–Kier alpha value is -4.46. The summed E-state index contributed by atoms with van der Waals surface area (Å²) in [6.45, 7) is 3.98. The minimum absolute atomic E-state index is 0.00866. The minimum atomic E-state index is -1.11. The van der Waals surface area contributed by atoms with E-state index in [9.17, 15) is 14.3 Å². The van der Waals surface area contributed by atoms with Crippen LogP contribution in [0.2, 0.25) is 0 Å². The van der Waals surface area contributed by atoms with Gasteiger partial charge in [0.1, 0.15) is 22.9 Å². The molecule has 0 saturated carbocycles. The number of carbonyl (C=O) groups is 1. The van der Waals surface area contributed by atoms with Gasteiger partial charge in [0.15, 0.2) is 0 Å². The average molecular weight is 474 g/mol. The third-order valence-corrected chi connectivity index (χ3v) is 5.68. The molecule has 4 N–H and O–H groups in total. The Morgan fingerprint density at radius 3 is 2.46 bits per heavy atom. The molecule has 0 atom stereocenters. The predicted octanol–water partition coefficient (Wildman–Crippen LogP) is 6.24. The summed E-state index contributed by atoms with van der Waals surface area (Å²) in [5, 5.41) is 17.8. The number of ether oxygens (including phenoxy) is 2. The highest BCUT2D eigenvalue weighted by atomic mass is 19.1. The summed E-state index contributed by atoms with van der Waals surface area (Å²) in [6, 6.07) is 14.0. The Kier molecular flexibility index (Phi) is 6.38. The average Bonchev–Trinajstić information content (AvgIpc) is 2.83. The van der Waals surface area contributed by atoms with Crippen LogP contribution in [-0.4, -0.2) is 29.4 Å². The molecule has 0 saturated heterocycles. The Balaban J connectivity index is 2.00. The van der Waals surface area contributed by atoms with Crippen LogP contribution in [0.5, 0.6) is 17.4 Å². The standard InChI is InChI=1S/C27H24FN3O4/c1-14(2)24-25(15-4-6-17(28)7-5-15)20-10-16(13-29)21(30)12-22(20)31-26(24)35-18-8-9-19(27(32)33)23(11-18)34-3/h4-14,29H,30H2,1-3H3,(H,32,33). The molecule has 0 radical (unpaired) electrons. The van der Waals surface area contributed by atoms with Gasteiger partial charge in [-0.25, -0.2) is 14.2 Å². The SMILES string of the molecule is COc1cc(Oc2nc3cc(N)c(C=N)cc3c(-c3ccc(F)cc3)c2C(C)C)ccc1C(=O)O. The third-order valence-electron chi connectivity index (χ3n) is 5.68. The molecule has 0 aliphatic heterocycles. The molecule has 0 aliphatic carbocycles. The van der Waals surface area contributed by atoms with Crippen molar-refractivity contribution >= 4 is 28.8 Å². The lowest BCUT2D eigenvalue weighted by atomic mass is 9.89. The minimum Gasteiger partial charge on any atom is -0.496 e. The van der Waals surface area contributed by atoms with Gasteiger partial charge in [-0.3, -0.25) is 0 Å². The molecular formula is C27H24FN3O4. The fourth-order valence-electron chi connectivity index (χ4n) is 4.02. The lowest BCUT2D eigenvalue weighted by Gasteiger charge is -2.21. The molecule has 0 aliphatic rings. The van der Waals surface area contributed by atoms with E-state index in [1.54, 1.807) is 24.3 Å². The summed E-state index contributed by atoms with van der Waals surface area (Å²) in [5.41, 5.74) is 9.93. The number of aromatic carboxylic acids is 1. The van der Waals surface area contributed by atoms with E-state index in [4.69, 9.17) is 25.6 Å². The Morgan fingerprint density at radius 1 is 1.14 bits per heavy atom. The van der Waals surface area contributed by atoms with E-state index in [-0.39, 0.29) is 23.0 Å². The fourth-order valence-corrected chi connectivity index (χ4v) is 4.02. The summed E-state index contributed by atoms with van der Waals surface area (Å²) in [7, 11) is 1.38. The van der Waals surface area contributed by atoms with Crippen LogP contribution in [0.4, 0.5) is 10.1 Å². The quantitative estimate of drug-likeness (QED) is 0.216. The highest BCUT2D eigenvalue weighted by Gasteiger charge is 2.22. The van der Waals surface area contributed by atoms with Crippen molar-refractivity contribution in [2.45, 2.75) is 19.8 Å². The first-order valence-electron chi connectivity index (χ1n) is 10.9. The van der Waals surface area contributed by atoms with Crippen molar-refractivity contribution in [3.63, 3.8) is 0 Å². The Labute approximate surface area is 201 Å². The van der Waals surface area contributed by atoms with Crippen LogP contribution in [0.3, 0.4) is 0 Å². The highest BCUT2D eigenvalue weighted by molar-refractivity contribution is 6.03. The van der Waals surface area contributed by atoms with Crippen LogP contribution >= 0.6 is 0 Å². The molecule has 1 aromatic heterocycles. The molecule has 7 nitrogen and oxygen atoms in total. The van der Waals surface area contributed by atoms with Crippen molar-refractivity contribution in [2.75, 3.05) is 12.8 Å². The van der Waals surface area contributed by atoms with E-state index >= 15 is 0 Å². The first-order chi connectivity index (χ1) is 16.7. The molecule has 4 aromatic rings. The number of methoxy groups -OCH3 is 1. The van der Waals surface area contributed by atoms with Crippen molar-refractivity contribution in [2.24, 2.45) is 0 Å². The zero-order chi connectivity index (χ0) is 25.3. The van der Waals surface area contributed by atoms with Gasteiger partial charge in [0.2, 0.25) is 5.88 Å². The number of rotatable bonds is 7. The summed E-state index contributed by atoms with van der Waals surface area (Å²) < 4.78 is 25.2. The third kappa shape index (κ3) is 4.50. The maximum atomic E-state index is 13.7. The molecule has 4 rings (SSSR count). The first kappa shape index (κ1) is 23.7. The van der Waals surface area contributed by atoms with E-state index < -0.39 is 5.97 Å². The zero-order valence-corrected chi connectivity index (χ0v) is 19.4. The van der Waals surface area contributed by atoms with Crippen molar-refractivity contribution in [1.29, 1.82) is 5.41 Å². The van der Waals surface area contributed by atoms with E-state index in [0.29, 0.717) is 28.4 Å². The summed E-state index contributed by atoms with van der Waals surface area (Å²) in [4.78, 5) is 16.2. The number of halogens is 1. The van der Waals surface area contributed by atoms with Crippen molar-refractivity contribution in [1.82, 2.24) is 4.98 Å². The van der Waals surface area contributed by atoms with Crippen molar-refractivity contribution < 1.29 is 23.8 Å². The maximum absolute atomic E-state index is 13.7. The van der Waals surface area contributed by atoms with Gasteiger partial charge in [-0.05, 0) is 53.4 Å². The number of nitrogen functional groups attached to an aromatic ring is 1. The Morgan fingerprint density at radius 2 is 1.86 bits per heavy atom. The van der Waals surface area contributed by atoms with Crippen LogP contribution in [0.1, 0.15) is 41.3 Å². The number of carboxylic acid groups (broad SMARTS) is 1. The number of nitrogens with one attached hydrogen (secondary N) is 1. The van der Waals surface area contributed by atoms with Crippen molar-refractivity contribution in [3.05, 3.63) is 77.1 Å². The summed E-state index contributed by atoms with van der Waals surface area (Å²) >= 11 is 0. The number of anilines is 1. The molecule has 178 valence electrons. The molecule has 0 spiro atoms. The normalized spacial score (nSPS) is 11.0. The number of hydrogen-bond acceptors (Lipinski definition) is 6. The lowest BCUT2D eigenvalue weighted by Crippen LogP contribution is -2.04. The van der Waals surface area contributed by atoms with Crippen LogP contribution in [0.15, 0.2) is 54.6 Å². The molecule has 0 bridgehead atoms. The van der Waals surface area contributed by atoms with Crippen LogP contribution in [-0.2, 0) is 0 Å². The van der Waals surface area contributed by atoms with E-state index in [0.717, 1.165) is 22.1 Å². The second-order valence-electron chi connectivity index (χ2n) is 8.28. The summed E-state index contributed by atoms with van der Waals surface area (Å²) in [5.74, 6) is -0.724. The molecule has 0 fully saturated rings. The second kappa shape index (κ2) is 9.42. The van der Waals surface area contributed by atoms with Crippen LogP contribution in [0, 0.1) is 11.2 Å². The first-order valence-corrected chi connectivity index (χ1v) is 10.9. The zero-order valence-electron chi connectivity index (χ0n) is 19.4. The number of hydrogen-bond donors (Lipinski definition) is 3. The maximum Gasteiger partial charge on any atom is 0.339 e. The van der Waals surface area contributed by atoms with Gasteiger partial charge in [-0.15, -0.1) is 0 Å². The number of pyridine rings is 1. The largest absolute Gasteiger partial charge is 0.496 e. The van der Waals surface area contributed by atoms with Gasteiger partial charge < -0.3 is 25.7 Å². The van der Waals surface area contributed by atoms with Gasteiger partial charge in [0.05, 0.1) is 12.6 Å². The van der Waals surface area contributed by atoms with Gasteiger partial charge in [-0.2, -0.15) is 0 Å². The van der Waals surface area contributed by atoms with E-state index in [1.165, 1.54) is 43.7 Å². The number of nitrogens with zero attached hydrogens (tertiary/aromatic N) is 1. The molecule has 0 amide bonds. The topological polar surface area (TPSA) is 119 Å². The molecule has 1 heterocycles. The van der Waals surface area contributed by atoms with Gasteiger partial charge in [0, 0.05) is 34.5 Å². The summed E-state index contributed by atoms with van der Waals surface area (Å²) in [6.07, 6.45) is 1.18. The predicted molar refractivity (Wildman–Crippen MR) is 134 cm³/mol. The number of benzene rings is 3. The second-order valence-corrected chi connectivity index (χ2v) is 8.28. The number of fused-ring (bicyclic) bond motifs is 1. The van der Waals surface area contributed by atoms with Crippen molar-refractivity contribution in [3.8, 4) is 28.5 Å². The Bertz CT molecular complexity index is 1450. The number of aromatic nitrogens is 1. The van der Waals surface area contributed by atoms with Gasteiger partial charge in [0.25, 0.3) is 0 Å². The lowest BCUT2D eigenvalue weighted by molar-refractivity contribution is 0.0693. The smallest absolute Gasteiger partial charge is 0.339 e. The molecule has 35 heavy (non-hydrogen) atoms. The molecule has 3 aromatic carbocycles. The van der Waals surface area contributed by atoms with E-state index in [2.05, 4.69) is 0 Å². The van der Waals surface area contributed by atoms with E-state index in [1.807, 2.05) is 13.8 Å². The molecule has 0 unspecified atom stereocenters. The van der Waals surface area contributed by atoms with Crippen LogP contribution in [0.25, 0.3) is 22.0 Å². The van der Waals surface area contributed by atoms with Gasteiger partial charge >= 0.3 is 5.97 Å². The number of nitrogens with two attached hydrogens (primary N) is 1. The number of carboxylic acids is 1. The molecular weight excluding hydrogens is 449 g/mol. The van der Waals surface area contributed by atoms with Crippen LogP contribution < -0.4 is 15.2 Å². The molecule has 8 heteroatoms. The van der Waals surface area contributed by atoms with Gasteiger partial charge in [-0.1, -0.05) is 26.0 Å². The monoisotopic (exact) mass is 473 g/mol. The highest BCUT2D eigenvalue weighted by Crippen LogP contribution is 2.43. The fraction of sp³-hybridized carbons (Fsp3) is 0.148.